The molecule has 8 heteroatoms. The van der Waals surface area contributed by atoms with E-state index in [-0.39, 0.29) is 5.76 Å². The van der Waals surface area contributed by atoms with Gasteiger partial charge in [0.2, 0.25) is 5.76 Å². The molecule has 0 fully saturated rings. The second-order valence-corrected chi connectivity index (χ2v) is 5.42. The van der Waals surface area contributed by atoms with Crippen molar-refractivity contribution in [3.05, 3.63) is 46.6 Å². The molecule has 0 aliphatic rings. The molecule has 0 radical (unpaired) electrons. The van der Waals surface area contributed by atoms with Crippen molar-refractivity contribution in [2.75, 3.05) is 7.11 Å². The van der Waals surface area contributed by atoms with E-state index in [1.165, 1.54) is 30.7 Å². The molecule has 0 bridgehead atoms. The highest BCUT2D eigenvalue weighted by atomic mass is 32.1. The minimum Gasteiger partial charge on any atom is -0.465 e. The molecule has 2 heterocycles. The van der Waals surface area contributed by atoms with Crippen LogP contribution >= 0.6 is 11.3 Å². The summed E-state index contributed by atoms with van der Waals surface area (Å²) < 4.78 is 12.1. The highest BCUT2D eigenvalue weighted by molar-refractivity contribution is 7.16. The SMILES string of the molecule is COC(=O)c1ccc2c(c1)sc(=NC(=O)c1ccno1)n2C. The Bertz CT molecular complexity index is 921. The van der Waals surface area contributed by atoms with Crippen molar-refractivity contribution in [3.8, 4) is 0 Å². The largest absolute Gasteiger partial charge is 0.465 e. The molecule has 0 unspecified atom stereocenters. The first-order valence-electron chi connectivity index (χ1n) is 6.28. The topological polar surface area (TPSA) is 86.7 Å². The van der Waals surface area contributed by atoms with Gasteiger partial charge in [-0.25, -0.2) is 4.79 Å². The normalized spacial score (nSPS) is 11.8. The first-order valence-corrected chi connectivity index (χ1v) is 7.09. The highest BCUT2D eigenvalue weighted by Crippen LogP contribution is 2.19. The zero-order chi connectivity index (χ0) is 15.7. The molecule has 3 rings (SSSR count). The van der Waals surface area contributed by atoms with Crippen LogP contribution in [0.4, 0.5) is 0 Å². The highest BCUT2D eigenvalue weighted by Gasteiger charge is 2.12. The number of ether oxygens (including phenoxy) is 1. The first-order chi connectivity index (χ1) is 10.6. The average Bonchev–Trinajstić information content (AvgIpc) is 3.15. The molecule has 0 saturated carbocycles. The quantitative estimate of drug-likeness (QED) is 0.672. The van der Waals surface area contributed by atoms with Crippen LogP contribution in [0.25, 0.3) is 10.2 Å². The third-order valence-electron chi connectivity index (χ3n) is 3.08. The minimum atomic E-state index is -0.507. The monoisotopic (exact) mass is 317 g/mol. The Kier molecular flexibility index (Phi) is 3.60. The number of thiazole rings is 1. The molecule has 0 atom stereocenters. The Labute approximate surface area is 128 Å². The van der Waals surface area contributed by atoms with Crippen molar-refractivity contribution in [3.63, 3.8) is 0 Å². The minimum absolute atomic E-state index is 0.0766. The van der Waals surface area contributed by atoms with E-state index < -0.39 is 11.9 Å². The van der Waals surface area contributed by atoms with Gasteiger partial charge in [0, 0.05) is 13.1 Å². The van der Waals surface area contributed by atoms with Crippen molar-refractivity contribution in [2.45, 2.75) is 0 Å². The van der Waals surface area contributed by atoms with E-state index in [0.29, 0.717) is 10.4 Å². The van der Waals surface area contributed by atoms with Gasteiger partial charge in [0.25, 0.3) is 0 Å². The van der Waals surface area contributed by atoms with Crippen LogP contribution in [0.2, 0.25) is 0 Å². The molecule has 0 N–H and O–H groups in total. The zero-order valence-corrected chi connectivity index (χ0v) is 12.6. The van der Waals surface area contributed by atoms with E-state index in [0.717, 1.165) is 10.2 Å². The van der Waals surface area contributed by atoms with Gasteiger partial charge in [-0.05, 0) is 18.2 Å². The Morgan fingerprint density at radius 1 is 1.36 bits per heavy atom. The predicted molar refractivity (Wildman–Crippen MR) is 78.5 cm³/mol. The van der Waals surface area contributed by atoms with Crippen LogP contribution in [0.1, 0.15) is 20.9 Å². The van der Waals surface area contributed by atoms with Crippen LogP contribution in [0.3, 0.4) is 0 Å². The molecule has 112 valence electrons. The number of hydrogen-bond donors (Lipinski definition) is 0. The standard InChI is InChI=1S/C14H11N3O4S/c1-17-9-4-3-8(13(19)20-2)7-11(9)22-14(17)16-12(18)10-5-6-15-21-10/h3-7H,1-2H3. The summed E-state index contributed by atoms with van der Waals surface area (Å²) in [4.78, 5) is 28.0. The Balaban J connectivity index is 2.09. The fraction of sp³-hybridized carbons (Fsp3) is 0.143. The summed E-state index contributed by atoms with van der Waals surface area (Å²) in [6.07, 6.45) is 1.39. The summed E-state index contributed by atoms with van der Waals surface area (Å²) in [6, 6.07) is 6.62. The molecule has 22 heavy (non-hydrogen) atoms. The molecule has 0 spiro atoms. The number of methoxy groups -OCH3 is 1. The van der Waals surface area contributed by atoms with Crippen LogP contribution < -0.4 is 4.80 Å². The van der Waals surface area contributed by atoms with Crippen molar-refractivity contribution in [2.24, 2.45) is 12.0 Å². The number of aromatic nitrogens is 2. The molecule has 2 aromatic heterocycles. The van der Waals surface area contributed by atoms with Crippen LogP contribution in [0.5, 0.6) is 0 Å². The number of benzene rings is 1. The van der Waals surface area contributed by atoms with Crippen LogP contribution in [-0.4, -0.2) is 28.7 Å². The van der Waals surface area contributed by atoms with Crippen LogP contribution in [0, 0.1) is 0 Å². The van der Waals surface area contributed by atoms with Crippen molar-refractivity contribution >= 4 is 33.4 Å². The third kappa shape index (κ3) is 2.44. The fourth-order valence-electron chi connectivity index (χ4n) is 1.95. The number of carbonyl (C=O) groups excluding carboxylic acids is 2. The van der Waals surface area contributed by atoms with Crippen molar-refractivity contribution in [1.29, 1.82) is 0 Å². The average molecular weight is 317 g/mol. The van der Waals surface area contributed by atoms with E-state index in [1.54, 1.807) is 29.8 Å². The van der Waals surface area contributed by atoms with E-state index in [2.05, 4.69) is 10.1 Å². The number of carbonyl (C=O) groups is 2. The number of esters is 1. The molecule has 0 aliphatic carbocycles. The van der Waals surface area contributed by atoms with E-state index in [1.807, 2.05) is 0 Å². The van der Waals surface area contributed by atoms with Gasteiger partial charge >= 0.3 is 11.9 Å². The molecule has 1 amide bonds. The zero-order valence-electron chi connectivity index (χ0n) is 11.8. The molecule has 7 nitrogen and oxygen atoms in total. The van der Waals surface area contributed by atoms with Gasteiger partial charge in [-0.15, -0.1) is 0 Å². The molecule has 3 aromatic rings. The summed E-state index contributed by atoms with van der Waals surface area (Å²) in [5.74, 6) is -0.838. The van der Waals surface area contributed by atoms with Gasteiger partial charge in [-0.1, -0.05) is 16.5 Å². The Morgan fingerprint density at radius 2 is 2.18 bits per heavy atom. The summed E-state index contributed by atoms with van der Waals surface area (Å²) in [6.45, 7) is 0. The maximum atomic E-state index is 11.9. The van der Waals surface area contributed by atoms with Crippen molar-refractivity contribution in [1.82, 2.24) is 9.72 Å². The lowest BCUT2D eigenvalue weighted by atomic mass is 10.2. The van der Waals surface area contributed by atoms with Gasteiger partial charge in [-0.2, -0.15) is 4.99 Å². The second kappa shape index (κ2) is 5.57. The van der Waals surface area contributed by atoms with Gasteiger partial charge < -0.3 is 13.8 Å². The third-order valence-corrected chi connectivity index (χ3v) is 4.17. The molecular formula is C14H11N3O4S. The molecule has 0 saturated heterocycles. The second-order valence-electron chi connectivity index (χ2n) is 4.41. The smallest absolute Gasteiger partial charge is 0.337 e. The van der Waals surface area contributed by atoms with Gasteiger partial charge in [0.1, 0.15) is 0 Å². The van der Waals surface area contributed by atoms with Crippen LogP contribution in [0.15, 0.2) is 40.0 Å². The molecular weight excluding hydrogens is 306 g/mol. The number of rotatable bonds is 2. The van der Waals surface area contributed by atoms with Crippen LogP contribution in [-0.2, 0) is 11.8 Å². The lowest BCUT2D eigenvalue weighted by Gasteiger charge is -1.99. The Morgan fingerprint density at radius 3 is 2.86 bits per heavy atom. The summed E-state index contributed by atoms with van der Waals surface area (Å²) in [5.41, 5.74) is 1.31. The number of aryl methyl sites for hydroxylation is 1. The maximum absolute atomic E-state index is 11.9. The Hall–Kier alpha value is -2.74. The van der Waals surface area contributed by atoms with E-state index in [9.17, 15) is 9.59 Å². The number of nitrogens with zero attached hydrogens (tertiary/aromatic N) is 3. The van der Waals surface area contributed by atoms with E-state index in [4.69, 9.17) is 9.26 Å². The summed E-state index contributed by atoms with van der Waals surface area (Å²) in [7, 11) is 3.13. The maximum Gasteiger partial charge on any atom is 0.337 e. The molecule has 0 aliphatic heterocycles. The van der Waals surface area contributed by atoms with Crippen molar-refractivity contribution < 1.29 is 18.8 Å². The van der Waals surface area contributed by atoms with Gasteiger partial charge in [-0.3, -0.25) is 4.79 Å². The number of fused-ring (bicyclic) bond motifs is 1. The van der Waals surface area contributed by atoms with E-state index >= 15 is 0 Å². The summed E-state index contributed by atoms with van der Waals surface area (Å²) >= 11 is 1.30. The predicted octanol–water partition coefficient (Wildman–Crippen LogP) is 1.76. The lowest BCUT2D eigenvalue weighted by Crippen LogP contribution is -2.13. The lowest BCUT2D eigenvalue weighted by molar-refractivity contribution is 0.0601. The first kappa shape index (κ1) is 14.2. The molecule has 1 aromatic carbocycles. The fourth-order valence-corrected chi connectivity index (χ4v) is 3.01. The van der Waals surface area contributed by atoms with Gasteiger partial charge in [0.15, 0.2) is 4.80 Å². The number of hydrogen-bond acceptors (Lipinski definition) is 6. The summed E-state index contributed by atoms with van der Waals surface area (Å²) in [5, 5.41) is 3.48. The number of amides is 1. The van der Waals surface area contributed by atoms with Gasteiger partial charge in [0.05, 0.1) is 29.1 Å².